The molecule has 0 N–H and O–H groups in total. The van der Waals surface area contributed by atoms with Gasteiger partial charge in [0.1, 0.15) is 0 Å². The van der Waals surface area contributed by atoms with E-state index in [1.807, 2.05) is 0 Å². The average Bonchev–Trinajstić information content (AvgIpc) is 0.722. The SMILES string of the molecule is FC(F)(F)F.[Nb]. The molecule has 0 unspecified atom stereocenters. The first-order valence-electron chi connectivity index (χ1n) is 0.756. The Morgan fingerprint density at radius 2 is 0.833 bits per heavy atom. The van der Waals surface area contributed by atoms with Crippen molar-refractivity contribution in [2.45, 2.75) is 6.43 Å². The zero-order chi connectivity index (χ0) is 4.50. The molecular weight excluding hydrogens is 181 g/mol. The summed E-state index contributed by atoms with van der Waals surface area (Å²) in [5.74, 6) is 0. The molecule has 0 spiro atoms. The molecule has 0 aliphatic heterocycles. The van der Waals surface area contributed by atoms with E-state index in [-0.39, 0.29) is 22.4 Å². The van der Waals surface area contributed by atoms with Gasteiger partial charge in [-0.3, -0.25) is 0 Å². The van der Waals surface area contributed by atoms with Gasteiger partial charge >= 0.3 is 6.43 Å². The first-order chi connectivity index (χ1) is 2.00. The van der Waals surface area contributed by atoms with E-state index in [0.717, 1.165) is 0 Å². The molecule has 0 saturated heterocycles. The summed E-state index contributed by atoms with van der Waals surface area (Å²) in [6.07, 6.45) is -5.50. The maximum Gasteiger partial charge on any atom is 0.559 e. The van der Waals surface area contributed by atoms with Gasteiger partial charge in [0.15, 0.2) is 0 Å². The molecule has 0 fully saturated rings. The summed E-state index contributed by atoms with van der Waals surface area (Å²) in [5, 5.41) is 0. The van der Waals surface area contributed by atoms with Gasteiger partial charge in [-0.1, -0.05) is 0 Å². The number of rotatable bonds is 0. The van der Waals surface area contributed by atoms with Crippen LogP contribution in [-0.2, 0) is 22.4 Å². The van der Waals surface area contributed by atoms with Gasteiger partial charge in [-0.2, -0.15) is 0 Å². The normalized spacial score (nSPS) is 10.0. The van der Waals surface area contributed by atoms with E-state index in [4.69, 9.17) is 0 Å². The van der Waals surface area contributed by atoms with E-state index in [2.05, 4.69) is 0 Å². The first kappa shape index (κ1) is 9.68. The Morgan fingerprint density at radius 3 is 0.833 bits per heavy atom. The second-order valence-corrected chi connectivity index (χ2v) is 0.429. The van der Waals surface area contributed by atoms with E-state index in [1.54, 1.807) is 0 Å². The molecule has 0 atom stereocenters. The topological polar surface area (TPSA) is 0 Å². The Bertz CT molecular complexity index is 23.0. The monoisotopic (exact) mass is 181 g/mol. The molecule has 0 saturated carbocycles. The van der Waals surface area contributed by atoms with Gasteiger partial charge in [-0.15, -0.1) is 17.6 Å². The van der Waals surface area contributed by atoms with Crippen LogP contribution in [0.25, 0.3) is 0 Å². The third-order valence-corrected chi connectivity index (χ3v) is 0. The molecule has 0 rings (SSSR count). The van der Waals surface area contributed by atoms with E-state index >= 15 is 0 Å². The van der Waals surface area contributed by atoms with Crippen LogP contribution in [0.15, 0.2) is 0 Å². The molecule has 0 heterocycles. The Kier molecular flexibility index (Phi) is 4.20. The summed E-state index contributed by atoms with van der Waals surface area (Å²) in [6.45, 7) is 0. The van der Waals surface area contributed by atoms with Crippen LogP contribution in [0.4, 0.5) is 17.6 Å². The third-order valence-electron chi connectivity index (χ3n) is 0. The van der Waals surface area contributed by atoms with E-state index < -0.39 is 6.43 Å². The molecule has 6 heavy (non-hydrogen) atoms. The summed E-state index contributed by atoms with van der Waals surface area (Å²) in [6, 6.07) is 0. The van der Waals surface area contributed by atoms with Crippen molar-refractivity contribution in [1.29, 1.82) is 0 Å². The van der Waals surface area contributed by atoms with Crippen LogP contribution in [0.2, 0.25) is 0 Å². The van der Waals surface area contributed by atoms with Gasteiger partial charge in [-0.05, 0) is 0 Å². The maximum atomic E-state index is 9.69. The Labute approximate surface area is 47.0 Å². The van der Waals surface area contributed by atoms with Crippen molar-refractivity contribution in [3.63, 3.8) is 0 Å². The van der Waals surface area contributed by atoms with E-state index in [9.17, 15) is 17.6 Å². The first-order valence-corrected chi connectivity index (χ1v) is 0.756. The number of hydrogen-bond donors (Lipinski definition) is 0. The summed E-state index contributed by atoms with van der Waals surface area (Å²) < 4.78 is 38.8. The standard InChI is InChI=1S/CF4.Nb/c2-1(3,4)5;. The molecule has 0 aliphatic carbocycles. The van der Waals surface area contributed by atoms with Crippen LogP contribution in [0.3, 0.4) is 0 Å². The van der Waals surface area contributed by atoms with E-state index in [0.29, 0.717) is 0 Å². The van der Waals surface area contributed by atoms with Crippen molar-refractivity contribution >= 4 is 0 Å². The average molecular weight is 181 g/mol. The molecule has 0 nitrogen and oxygen atoms in total. The van der Waals surface area contributed by atoms with Gasteiger partial charge in [-0.25, -0.2) is 0 Å². The van der Waals surface area contributed by atoms with Crippen molar-refractivity contribution in [2.24, 2.45) is 0 Å². The van der Waals surface area contributed by atoms with Gasteiger partial charge in [0.05, 0.1) is 0 Å². The molecule has 0 bridgehead atoms. The van der Waals surface area contributed by atoms with Crippen molar-refractivity contribution in [3.05, 3.63) is 0 Å². The fourth-order valence-electron chi connectivity index (χ4n) is 0. The Balaban J connectivity index is 0. The maximum absolute atomic E-state index is 9.69. The molecule has 0 aromatic heterocycles. The van der Waals surface area contributed by atoms with Crippen molar-refractivity contribution in [2.75, 3.05) is 0 Å². The van der Waals surface area contributed by atoms with Crippen molar-refractivity contribution in [1.82, 2.24) is 0 Å². The van der Waals surface area contributed by atoms with Crippen molar-refractivity contribution < 1.29 is 39.9 Å². The van der Waals surface area contributed by atoms with Gasteiger partial charge in [0.25, 0.3) is 0 Å². The Hall–Kier alpha value is 0.460. The predicted octanol–water partition coefficient (Wildman–Crippen LogP) is 1.47. The van der Waals surface area contributed by atoms with Crippen LogP contribution < -0.4 is 0 Å². The van der Waals surface area contributed by atoms with E-state index in [1.165, 1.54) is 0 Å². The second kappa shape index (κ2) is 2.60. The van der Waals surface area contributed by atoms with Crippen LogP contribution in [0, 0.1) is 0 Å². The van der Waals surface area contributed by atoms with Crippen LogP contribution >= 0.6 is 0 Å². The summed E-state index contributed by atoms with van der Waals surface area (Å²) in [5.41, 5.74) is 0. The van der Waals surface area contributed by atoms with Crippen LogP contribution in [-0.4, -0.2) is 6.43 Å². The largest absolute Gasteiger partial charge is 0.559 e. The van der Waals surface area contributed by atoms with Gasteiger partial charge < -0.3 is 0 Å². The summed E-state index contributed by atoms with van der Waals surface area (Å²) in [7, 11) is 0. The molecule has 5 heteroatoms. The minimum absolute atomic E-state index is 0. The zero-order valence-electron chi connectivity index (χ0n) is 2.46. The fraction of sp³-hybridized carbons (Fsp3) is 1.00. The number of hydrogen-bond acceptors (Lipinski definition) is 0. The minimum atomic E-state index is -5.50. The molecule has 0 aliphatic rings. The Morgan fingerprint density at radius 1 is 0.833 bits per heavy atom. The molecule has 37 valence electrons. The van der Waals surface area contributed by atoms with Crippen LogP contribution in [0.5, 0.6) is 0 Å². The van der Waals surface area contributed by atoms with Crippen LogP contribution in [0.1, 0.15) is 0 Å². The minimum Gasteiger partial charge on any atom is -0.140 e. The molecule has 0 amide bonds. The molecular formula is CF4Nb. The molecule has 0 aromatic carbocycles. The number of alkyl halides is 4. The summed E-state index contributed by atoms with van der Waals surface area (Å²) >= 11 is 0. The predicted molar refractivity (Wildman–Crippen MR) is 7.16 cm³/mol. The fourth-order valence-corrected chi connectivity index (χ4v) is 0. The quantitative estimate of drug-likeness (QED) is 0.392. The van der Waals surface area contributed by atoms with Gasteiger partial charge in [0, 0.05) is 22.4 Å². The summed E-state index contributed by atoms with van der Waals surface area (Å²) in [4.78, 5) is 0. The van der Waals surface area contributed by atoms with Gasteiger partial charge in [0.2, 0.25) is 0 Å². The smallest absolute Gasteiger partial charge is 0.140 e. The molecule has 0 aromatic rings. The van der Waals surface area contributed by atoms with Crippen molar-refractivity contribution in [3.8, 4) is 0 Å². The number of halogens is 4. The molecule has 1 radical (unpaired) electrons. The third kappa shape index (κ3) is 252. The zero-order valence-corrected chi connectivity index (χ0v) is 4.66. The second-order valence-electron chi connectivity index (χ2n) is 0.429.